The fourth-order valence-corrected chi connectivity index (χ4v) is 1.64. The molecule has 1 aliphatic heterocycles. The Bertz CT molecular complexity index is 314. The Kier molecular flexibility index (Phi) is 2.47. The Hall–Kier alpha value is -1.39. The van der Waals surface area contributed by atoms with Crippen LogP contribution in [-0.4, -0.2) is 31.2 Å². The number of nitrogens with zero attached hydrogens (tertiary/aromatic N) is 2. The zero-order valence-electron chi connectivity index (χ0n) is 8.05. The van der Waals surface area contributed by atoms with Crippen LogP contribution in [0.2, 0.25) is 0 Å². The van der Waals surface area contributed by atoms with Gasteiger partial charge in [0, 0.05) is 7.05 Å². The molecular weight excluding hydrogens is 178 g/mol. The van der Waals surface area contributed by atoms with Gasteiger partial charge in [0.15, 0.2) is 12.5 Å². The maximum atomic E-state index is 10.8. The van der Waals surface area contributed by atoms with Crippen LogP contribution in [0.4, 0.5) is 5.69 Å². The van der Waals surface area contributed by atoms with E-state index in [-0.39, 0.29) is 6.17 Å². The largest absolute Gasteiger partial charge is 0.299 e. The Morgan fingerprint density at radius 2 is 2.14 bits per heavy atom. The standard InChI is InChI=1S/C10H13N3O/c1-12-8-11-10(7-14)13(12)9-5-3-2-4-6-9/h2-7,10-11H,8H2,1H3. The molecule has 1 saturated heterocycles. The maximum absolute atomic E-state index is 10.8. The van der Waals surface area contributed by atoms with Crippen LogP contribution in [0.3, 0.4) is 0 Å². The highest BCUT2D eigenvalue weighted by molar-refractivity contribution is 5.65. The molecule has 1 aromatic carbocycles. The second-order valence-corrected chi connectivity index (χ2v) is 3.28. The van der Waals surface area contributed by atoms with E-state index in [9.17, 15) is 4.79 Å². The minimum absolute atomic E-state index is 0.248. The highest BCUT2D eigenvalue weighted by atomic mass is 16.1. The van der Waals surface area contributed by atoms with Crippen molar-refractivity contribution in [3.05, 3.63) is 30.3 Å². The molecule has 1 heterocycles. The summed E-state index contributed by atoms with van der Waals surface area (Å²) >= 11 is 0. The minimum atomic E-state index is -0.248. The molecule has 1 N–H and O–H groups in total. The van der Waals surface area contributed by atoms with E-state index >= 15 is 0 Å². The molecular formula is C10H13N3O. The number of anilines is 1. The summed E-state index contributed by atoms with van der Waals surface area (Å²) < 4.78 is 0. The van der Waals surface area contributed by atoms with Gasteiger partial charge in [-0.3, -0.25) is 15.1 Å². The molecule has 0 saturated carbocycles. The molecule has 0 aromatic heterocycles. The lowest BCUT2D eigenvalue weighted by molar-refractivity contribution is -0.109. The van der Waals surface area contributed by atoms with E-state index < -0.39 is 0 Å². The second-order valence-electron chi connectivity index (χ2n) is 3.28. The molecule has 2 rings (SSSR count). The number of carbonyl (C=O) groups excluding carboxylic acids is 1. The highest BCUT2D eigenvalue weighted by Crippen LogP contribution is 2.19. The van der Waals surface area contributed by atoms with Crippen LogP contribution in [-0.2, 0) is 4.79 Å². The number of hydrogen-bond donors (Lipinski definition) is 1. The molecule has 1 atom stereocenters. The number of hydrazine groups is 1. The van der Waals surface area contributed by atoms with Crippen LogP contribution < -0.4 is 10.3 Å². The van der Waals surface area contributed by atoms with Gasteiger partial charge in [-0.1, -0.05) is 18.2 Å². The van der Waals surface area contributed by atoms with E-state index in [1.807, 2.05) is 47.4 Å². The van der Waals surface area contributed by atoms with Gasteiger partial charge in [0.25, 0.3) is 0 Å². The third-order valence-electron chi connectivity index (χ3n) is 2.31. The molecule has 74 valence electrons. The Morgan fingerprint density at radius 3 is 2.79 bits per heavy atom. The van der Waals surface area contributed by atoms with Gasteiger partial charge in [-0.2, -0.15) is 0 Å². The summed E-state index contributed by atoms with van der Waals surface area (Å²) in [4.78, 5) is 10.8. The Morgan fingerprint density at radius 1 is 1.43 bits per heavy atom. The van der Waals surface area contributed by atoms with Gasteiger partial charge in [0.2, 0.25) is 0 Å². The van der Waals surface area contributed by atoms with Crippen LogP contribution in [0.5, 0.6) is 0 Å². The lowest BCUT2D eigenvalue weighted by Gasteiger charge is -2.27. The molecule has 0 aliphatic carbocycles. The van der Waals surface area contributed by atoms with Crippen molar-refractivity contribution in [2.24, 2.45) is 0 Å². The van der Waals surface area contributed by atoms with E-state index in [1.165, 1.54) is 0 Å². The number of nitrogens with one attached hydrogen (secondary N) is 1. The summed E-state index contributed by atoms with van der Waals surface area (Å²) in [5.41, 5.74) is 1.03. The first-order valence-electron chi connectivity index (χ1n) is 4.57. The van der Waals surface area contributed by atoms with Gasteiger partial charge in [0.1, 0.15) is 0 Å². The van der Waals surface area contributed by atoms with Gasteiger partial charge in [-0.15, -0.1) is 0 Å². The number of hydrogen-bond acceptors (Lipinski definition) is 4. The molecule has 1 aliphatic rings. The predicted molar refractivity (Wildman–Crippen MR) is 54.5 cm³/mol. The molecule has 4 heteroatoms. The van der Waals surface area contributed by atoms with Gasteiger partial charge in [-0.05, 0) is 12.1 Å². The first kappa shape index (κ1) is 9.18. The van der Waals surface area contributed by atoms with Crippen LogP contribution in [0.25, 0.3) is 0 Å². The second kappa shape index (κ2) is 3.77. The molecule has 14 heavy (non-hydrogen) atoms. The Balaban J connectivity index is 2.27. The number of para-hydroxylation sites is 1. The van der Waals surface area contributed by atoms with E-state index in [4.69, 9.17) is 0 Å². The minimum Gasteiger partial charge on any atom is -0.299 e. The number of aldehydes is 1. The smallest absolute Gasteiger partial charge is 0.158 e. The zero-order chi connectivity index (χ0) is 9.97. The van der Waals surface area contributed by atoms with E-state index in [0.29, 0.717) is 6.67 Å². The van der Waals surface area contributed by atoms with Crippen LogP contribution in [0.1, 0.15) is 0 Å². The van der Waals surface area contributed by atoms with Crippen molar-refractivity contribution in [3.8, 4) is 0 Å². The molecule has 1 aromatic rings. The zero-order valence-corrected chi connectivity index (χ0v) is 8.05. The van der Waals surface area contributed by atoms with Crippen molar-refractivity contribution in [1.29, 1.82) is 0 Å². The van der Waals surface area contributed by atoms with Crippen molar-refractivity contribution in [3.63, 3.8) is 0 Å². The van der Waals surface area contributed by atoms with Crippen molar-refractivity contribution >= 4 is 12.0 Å². The number of benzene rings is 1. The van der Waals surface area contributed by atoms with Crippen molar-refractivity contribution in [2.75, 3.05) is 18.7 Å². The summed E-state index contributed by atoms with van der Waals surface area (Å²) in [5, 5.41) is 7.01. The fourth-order valence-electron chi connectivity index (χ4n) is 1.64. The van der Waals surface area contributed by atoms with E-state index in [1.54, 1.807) is 0 Å². The molecule has 1 fully saturated rings. The monoisotopic (exact) mass is 191 g/mol. The first-order valence-corrected chi connectivity index (χ1v) is 4.57. The SMILES string of the molecule is CN1CNC(C=O)N1c1ccccc1. The maximum Gasteiger partial charge on any atom is 0.158 e. The lowest BCUT2D eigenvalue weighted by Crippen LogP contribution is -2.41. The normalized spacial score (nSPS) is 22.6. The molecule has 0 bridgehead atoms. The number of carbonyl (C=O) groups is 1. The number of rotatable bonds is 2. The van der Waals surface area contributed by atoms with Crippen LogP contribution in [0, 0.1) is 0 Å². The summed E-state index contributed by atoms with van der Waals surface area (Å²) in [6.07, 6.45) is 0.665. The highest BCUT2D eigenvalue weighted by Gasteiger charge is 2.27. The average molecular weight is 191 g/mol. The molecule has 0 amide bonds. The summed E-state index contributed by atoms with van der Waals surface area (Å²) in [6, 6.07) is 9.86. The van der Waals surface area contributed by atoms with Crippen molar-refractivity contribution < 1.29 is 4.79 Å². The predicted octanol–water partition coefficient (Wildman–Crippen LogP) is 0.425. The van der Waals surface area contributed by atoms with Gasteiger partial charge >= 0.3 is 0 Å². The lowest BCUT2D eigenvalue weighted by atomic mass is 10.3. The fraction of sp³-hybridized carbons (Fsp3) is 0.300. The average Bonchev–Trinajstić information content (AvgIpc) is 2.61. The van der Waals surface area contributed by atoms with Gasteiger partial charge < -0.3 is 0 Å². The van der Waals surface area contributed by atoms with Crippen molar-refractivity contribution in [1.82, 2.24) is 10.3 Å². The van der Waals surface area contributed by atoms with Crippen molar-refractivity contribution in [2.45, 2.75) is 6.17 Å². The molecule has 0 radical (unpaired) electrons. The van der Waals surface area contributed by atoms with Gasteiger partial charge in [0.05, 0.1) is 12.4 Å². The molecule has 0 spiro atoms. The molecule has 1 unspecified atom stereocenters. The summed E-state index contributed by atoms with van der Waals surface area (Å²) in [5.74, 6) is 0. The Labute approximate surface area is 83.1 Å². The summed E-state index contributed by atoms with van der Waals surface area (Å²) in [7, 11) is 1.95. The topological polar surface area (TPSA) is 35.6 Å². The summed E-state index contributed by atoms with van der Waals surface area (Å²) in [6.45, 7) is 0.693. The van der Waals surface area contributed by atoms with E-state index in [2.05, 4.69) is 5.32 Å². The van der Waals surface area contributed by atoms with Crippen LogP contribution >= 0.6 is 0 Å². The molecule has 4 nitrogen and oxygen atoms in total. The van der Waals surface area contributed by atoms with Gasteiger partial charge in [-0.25, -0.2) is 5.01 Å². The third kappa shape index (κ3) is 1.49. The van der Waals surface area contributed by atoms with Crippen LogP contribution in [0.15, 0.2) is 30.3 Å². The van der Waals surface area contributed by atoms with E-state index in [0.717, 1.165) is 12.0 Å². The first-order chi connectivity index (χ1) is 6.83. The quantitative estimate of drug-likeness (QED) is 0.687. The third-order valence-corrected chi connectivity index (χ3v) is 2.31.